The van der Waals surface area contributed by atoms with Crippen molar-refractivity contribution < 1.29 is 18.7 Å². The summed E-state index contributed by atoms with van der Waals surface area (Å²) in [5, 5.41) is 5.77. The number of ether oxygens (including phenoxy) is 1. The smallest absolute Gasteiger partial charge is 0.277 e. The summed E-state index contributed by atoms with van der Waals surface area (Å²) < 4.78 is 18.3. The lowest BCUT2D eigenvalue weighted by molar-refractivity contribution is -0.123. The van der Waals surface area contributed by atoms with Gasteiger partial charge in [-0.15, -0.1) is 0 Å². The topological polar surface area (TPSA) is 67.8 Å². The monoisotopic (exact) mass is 348 g/mol. The van der Waals surface area contributed by atoms with Gasteiger partial charge in [0.1, 0.15) is 17.3 Å². The van der Waals surface area contributed by atoms with E-state index < -0.39 is 11.7 Å². The molecule has 0 spiro atoms. The van der Waals surface area contributed by atoms with Crippen molar-refractivity contribution in [3.63, 3.8) is 0 Å². The Bertz CT molecular complexity index is 1070. The SMILES string of the molecule is O=C(COc1cccc(F)c1)NN=C1C(=O)c2cccc3cccc1c23. The molecular formula is C20H13FN2O3. The van der Waals surface area contributed by atoms with Crippen molar-refractivity contribution in [2.75, 3.05) is 6.61 Å². The molecular weight excluding hydrogens is 335 g/mol. The lowest BCUT2D eigenvalue weighted by Crippen LogP contribution is -2.27. The van der Waals surface area contributed by atoms with Crippen molar-refractivity contribution in [2.24, 2.45) is 5.10 Å². The van der Waals surface area contributed by atoms with Gasteiger partial charge < -0.3 is 4.74 Å². The summed E-state index contributed by atoms with van der Waals surface area (Å²) >= 11 is 0. The van der Waals surface area contributed by atoms with E-state index in [-0.39, 0.29) is 23.9 Å². The number of hydrazone groups is 1. The van der Waals surface area contributed by atoms with Crippen LogP contribution < -0.4 is 10.2 Å². The van der Waals surface area contributed by atoms with Crippen LogP contribution >= 0.6 is 0 Å². The summed E-state index contributed by atoms with van der Waals surface area (Å²) in [5.41, 5.74) is 3.78. The Hall–Kier alpha value is -3.54. The molecule has 0 atom stereocenters. The Labute approximate surface area is 148 Å². The summed E-state index contributed by atoms with van der Waals surface area (Å²) in [6, 6.07) is 16.5. The molecule has 0 heterocycles. The Balaban J connectivity index is 1.50. The van der Waals surface area contributed by atoms with Gasteiger partial charge in [0.05, 0.1) is 0 Å². The van der Waals surface area contributed by atoms with Crippen LogP contribution in [0.3, 0.4) is 0 Å². The molecule has 5 nitrogen and oxygen atoms in total. The van der Waals surface area contributed by atoms with Gasteiger partial charge in [0.25, 0.3) is 5.91 Å². The fourth-order valence-corrected chi connectivity index (χ4v) is 2.94. The summed E-state index contributed by atoms with van der Waals surface area (Å²) in [7, 11) is 0. The Morgan fingerprint density at radius 2 is 1.77 bits per heavy atom. The van der Waals surface area contributed by atoms with E-state index in [4.69, 9.17) is 4.74 Å². The summed E-state index contributed by atoms with van der Waals surface area (Å²) in [4.78, 5) is 24.5. The first-order valence-corrected chi connectivity index (χ1v) is 7.95. The van der Waals surface area contributed by atoms with Crippen molar-refractivity contribution in [3.8, 4) is 5.75 Å². The molecule has 0 saturated carbocycles. The van der Waals surface area contributed by atoms with Gasteiger partial charge in [0.15, 0.2) is 6.61 Å². The molecule has 4 rings (SSSR count). The maximum absolute atomic E-state index is 13.1. The number of ketones is 1. The Kier molecular flexibility index (Phi) is 3.93. The van der Waals surface area contributed by atoms with Crippen LogP contribution in [0.5, 0.6) is 5.75 Å². The highest BCUT2D eigenvalue weighted by Gasteiger charge is 2.28. The summed E-state index contributed by atoms with van der Waals surface area (Å²) in [6.45, 7) is -0.342. The lowest BCUT2D eigenvalue weighted by atomic mass is 10.1. The van der Waals surface area contributed by atoms with Crippen LogP contribution in [-0.4, -0.2) is 24.0 Å². The average molecular weight is 348 g/mol. The summed E-state index contributed by atoms with van der Waals surface area (Å²) in [5.74, 6) is -0.992. The maximum atomic E-state index is 13.1. The normalized spacial score (nSPS) is 14.0. The molecule has 128 valence electrons. The van der Waals surface area contributed by atoms with E-state index in [0.717, 1.165) is 10.8 Å². The van der Waals surface area contributed by atoms with E-state index in [1.54, 1.807) is 18.2 Å². The molecule has 26 heavy (non-hydrogen) atoms. The molecule has 0 saturated heterocycles. The molecule has 6 heteroatoms. The van der Waals surface area contributed by atoms with E-state index in [1.165, 1.54) is 18.2 Å². The number of carbonyl (C=O) groups excluding carboxylic acids is 2. The largest absolute Gasteiger partial charge is 0.484 e. The first-order chi connectivity index (χ1) is 12.6. The maximum Gasteiger partial charge on any atom is 0.277 e. The number of rotatable bonds is 4. The molecule has 0 bridgehead atoms. The number of hydrogen-bond donors (Lipinski definition) is 1. The second-order valence-electron chi connectivity index (χ2n) is 5.78. The van der Waals surface area contributed by atoms with Crippen LogP contribution in [0.1, 0.15) is 15.9 Å². The molecule has 0 radical (unpaired) electrons. The number of Topliss-reactive ketones (excluding diaryl/α,β-unsaturated/α-hetero) is 1. The van der Waals surface area contributed by atoms with E-state index in [2.05, 4.69) is 10.5 Å². The van der Waals surface area contributed by atoms with Crippen LogP contribution in [0.4, 0.5) is 4.39 Å². The second-order valence-corrected chi connectivity index (χ2v) is 5.78. The third-order valence-electron chi connectivity index (χ3n) is 4.08. The van der Waals surface area contributed by atoms with Gasteiger partial charge in [0, 0.05) is 22.6 Å². The highest BCUT2D eigenvalue weighted by atomic mass is 19.1. The number of hydrogen-bond acceptors (Lipinski definition) is 4. The minimum absolute atomic E-state index is 0.191. The average Bonchev–Trinajstić information content (AvgIpc) is 2.92. The zero-order chi connectivity index (χ0) is 18.1. The number of amides is 1. The number of halogens is 1. The quantitative estimate of drug-likeness (QED) is 0.737. The van der Waals surface area contributed by atoms with Crippen molar-refractivity contribution in [1.82, 2.24) is 5.43 Å². The third kappa shape index (κ3) is 2.82. The van der Waals surface area contributed by atoms with E-state index in [1.807, 2.05) is 24.3 Å². The first kappa shape index (κ1) is 16.0. The van der Waals surface area contributed by atoms with Gasteiger partial charge in [-0.1, -0.05) is 42.5 Å². The zero-order valence-corrected chi connectivity index (χ0v) is 13.5. The minimum Gasteiger partial charge on any atom is -0.484 e. The molecule has 1 aliphatic rings. The molecule has 1 amide bonds. The minimum atomic E-state index is -0.544. The third-order valence-corrected chi connectivity index (χ3v) is 4.08. The molecule has 1 N–H and O–H groups in total. The zero-order valence-electron chi connectivity index (χ0n) is 13.5. The lowest BCUT2D eigenvalue weighted by Gasteiger charge is -2.05. The Morgan fingerprint density at radius 1 is 1.04 bits per heavy atom. The van der Waals surface area contributed by atoms with Gasteiger partial charge in [-0.2, -0.15) is 5.10 Å². The van der Waals surface area contributed by atoms with Crippen LogP contribution in [-0.2, 0) is 4.79 Å². The molecule has 3 aromatic rings. The standard InChI is InChI=1S/C20H13FN2O3/c21-13-6-3-7-14(10-13)26-11-17(24)22-23-19-15-8-1-4-12-5-2-9-16(18(12)15)20(19)25/h1-10H,11H2,(H,22,24). The van der Waals surface area contributed by atoms with Gasteiger partial charge in [0.2, 0.25) is 5.78 Å². The van der Waals surface area contributed by atoms with Crippen LogP contribution in [0.2, 0.25) is 0 Å². The van der Waals surface area contributed by atoms with E-state index in [9.17, 15) is 14.0 Å². The van der Waals surface area contributed by atoms with Crippen LogP contribution in [0, 0.1) is 5.82 Å². The fourth-order valence-electron chi connectivity index (χ4n) is 2.94. The van der Waals surface area contributed by atoms with Crippen molar-refractivity contribution >= 4 is 28.2 Å². The van der Waals surface area contributed by atoms with Crippen molar-refractivity contribution in [1.29, 1.82) is 0 Å². The van der Waals surface area contributed by atoms with Gasteiger partial charge in [-0.05, 0) is 17.5 Å². The predicted octanol–water partition coefficient (Wildman–Crippen LogP) is 3.07. The molecule has 0 fully saturated rings. The van der Waals surface area contributed by atoms with E-state index >= 15 is 0 Å². The summed E-state index contributed by atoms with van der Waals surface area (Å²) in [6.07, 6.45) is 0. The van der Waals surface area contributed by atoms with Crippen molar-refractivity contribution in [2.45, 2.75) is 0 Å². The van der Waals surface area contributed by atoms with E-state index in [0.29, 0.717) is 11.1 Å². The predicted molar refractivity (Wildman–Crippen MR) is 94.9 cm³/mol. The highest BCUT2D eigenvalue weighted by molar-refractivity contribution is 6.59. The Morgan fingerprint density at radius 3 is 2.54 bits per heavy atom. The second kappa shape index (κ2) is 6.40. The number of benzene rings is 3. The molecule has 0 aliphatic heterocycles. The fraction of sp³-hybridized carbons (Fsp3) is 0.0500. The van der Waals surface area contributed by atoms with Crippen molar-refractivity contribution in [3.05, 3.63) is 77.6 Å². The first-order valence-electron chi connectivity index (χ1n) is 7.95. The highest BCUT2D eigenvalue weighted by Crippen LogP contribution is 2.30. The molecule has 1 aliphatic carbocycles. The number of nitrogens with one attached hydrogen (secondary N) is 1. The molecule has 0 aromatic heterocycles. The molecule has 3 aromatic carbocycles. The molecule has 0 unspecified atom stereocenters. The van der Waals surface area contributed by atoms with Gasteiger partial charge >= 0.3 is 0 Å². The van der Waals surface area contributed by atoms with Crippen LogP contribution in [0.25, 0.3) is 10.8 Å². The number of carbonyl (C=O) groups is 2. The number of nitrogens with zero attached hydrogens (tertiary/aromatic N) is 1. The van der Waals surface area contributed by atoms with Gasteiger partial charge in [-0.25, -0.2) is 9.82 Å². The van der Waals surface area contributed by atoms with Gasteiger partial charge in [-0.3, -0.25) is 9.59 Å². The van der Waals surface area contributed by atoms with Crippen LogP contribution in [0.15, 0.2) is 65.8 Å².